The maximum Gasteiger partial charge on any atom is 0.153 e. The van der Waals surface area contributed by atoms with E-state index in [1.807, 2.05) is 18.2 Å². The SMILES string of the molecule is O=S1(=O)C[C@@H]2[C@H](C1)N(CC1CC1)CCN2Cc1ccc2ccccc2n1. The van der Waals surface area contributed by atoms with Crippen molar-refractivity contribution in [2.45, 2.75) is 31.5 Å². The molecule has 2 atom stereocenters. The van der Waals surface area contributed by atoms with Gasteiger partial charge in [0.25, 0.3) is 0 Å². The maximum atomic E-state index is 12.3. The standard InChI is InChI=1S/C20H25N3O2S/c24-26(25)13-19-20(14-26)23(10-9-22(19)11-15-5-6-15)12-17-8-7-16-3-1-2-4-18(16)21-17/h1-4,7-8,15,19-20H,5-6,9-14H2/t19-,20+/m0/s1. The van der Waals surface area contributed by atoms with Crippen molar-refractivity contribution < 1.29 is 8.42 Å². The molecule has 3 heterocycles. The molecule has 0 bridgehead atoms. The molecule has 1 aromatic carbocycles. The quantitative estimate of drug-likeness (QED) is 0.822. The molecular weight excluding hydrogens is 346 g/mol. The molecule has 0 N–H and O–H groups in total. The van der Waals surface area contributed by atoms with Crippen LogP contribution in [0.4, 0.5) is 0 Å². The zero-order valence-electron chi connectivity index (χ0n) is 14.9. The Kier molecular flexibility index (Phi) is 4.03. The van der Waals surface area contributed by atoms with Crippen LogP contribution < -0.4 is 0 Å². The highest BCUT2D eigenvalue weighted by atomic mass is 32.2. The number of fused-ring (bicyclic) bond motifs is 2. The lowest BCUT2D eigenvalue weighted by Gasteiger charge is -2.44. The molecule has 26 heavy (non-hydrogen) atoms. The Morgan fingerprint density at radius 3 is 2.50 bits per heavy atom. The molecule has 6 heteroatoms. The molecular formula is C20H25N3O2S. The summed E-state index contributed by atoms with van der Waals surface area (Å²) >= 11 is 0. The molecule has 0 amide bonds. The summed E-state index contributed by atoms with van der Waals surface area (Å²) in [4.78, 5) is 9.60. The number of nitrogens with zero attached hydrogens (tertiary/aromatic N) is 3. The van der Waals surface area contributed by atoms with Crippen molar-refractivity contribution in [1.29, 1.82) is 0 Å². The fourth-order valence-electron chi connectivity index (χ4n) is 4.56. The summed E-state index contributed by atoms with van der Waals surface area (Å²) in [6.07, 6.45) is 2.62. The van der Waals surface area contributed by atoms with Crippen LogP contribution in [0.5, 0.6) is 0 Å². The maximum absolute atomic E-state index is 12.3. The highest BCUT2D eigenvalue weighted by molar-refractivity contribution is 7.91. The van der Waals surface area contributed by atoms with Crippen molar-refractivity contribution in [3.05, 3.63) is 42.1 Å². The zero-order chi connectivity index (χ0) is 17.7. The lowest BCUT2D eigenvalue weighted by molar-refractivity contribution is 0.0370. The normalized spacial score (nSPS) is 29.1. The van der Waals surface area contributed by atoms with Crippen molar-refractivity contribution in [2.24, 2.45) is 5.92 Å². The van der Waals surface area contributed by atoms with Gasteiger partial charge in [0, 0.05) is 43.6 Å². The van der Waals surface area contributed by atoms with Crippen LogP contribution in [0.25, 0.3) is 10.9 Å². The third-order valence-electron chi connectivity index (χ3n) is 6.12. The van der Waals surface area contributed by atoms with Crippen LogP contribution >= 0.6 is 0 Å². The molecule has 0 radical (unpaired) electrons. The van der Waals surface area contributed by atoms with Gasteiger partial charge in [0.15, 0.2) is 9.84 Å². The Balaban J connectivity index is 1.38. The number of hydrogen-bond donors (Lipinski definition) is 0. The van der Waals surface area contributed by atoms with Gasteiger partial charge in [-0.1, -0.05) is 24.3 Å². The van der Waals surface area contributed by atoms with Crippen molar-refractivity contribution in [2.75, 3.05) is 31.1 Å². The Bertz CT molecular complexity index is 926. The van der Waals surface area contributed by atoms with Gasteiger partial charge in [-0.3, -0.25) is 14.8 Å². The largest absolute Gasteiger partial charge is 0.296 e. The van der Waals surface area contributed by atoms with Crippen LogP contribution in [0.2, 0.25) is 0 Å². The monoisotopic (exact) mass is 371 g/mol. The summed E-state index contributed by atoms with van der Waals surface area (Å²) < 4.78 is 24.7. The van der Waals surface area contributed by atoms with Gasteiger partial charge < -0.3 is 0 Å². The van der Waals surface area contributed by atoms with Crippen LogP contribution in [0, 0.1) is 5.92 Å². The lowest BCUT2D eigenvalue weighted by atomic mass is 10.0. The molecule has 1 aliphatic carbocycles. The van der Waals surface area contributed by atoms with Crippen molar-refractivity contribution >= 4 is 20.7 Å². The zero-order valence-corrected chi connectivity index (χ0v) is 15.7. The molecule has 2 aliphatic heterocycles. The summed E-state index contributed by atoms with van der Waals surface area (Å²) in [5.74, 6) is 1.42. The minimum atomic E-state index is -2.94. The van der Waals surface area contributed by atoms with Gasteiger partial charge >= 0.3 is 0 Å². The Morgan fingerprint density at radius 2 is 1.69 bits per heavy atom. The highest BCUT2D eigenvalue weighted by Crippen LogP contribution is 2.34. The molecule has 2 aromatic rings. The average molecular weight is 372 g/mol. The molecule has 2 saturated heterocycles. The van der Waals surface area contributed by atoms with Crippen LogP contribution in [0.3, 0.4) is 0 Å². The van der Waals surface area contributed by atoms with E-state index in [9.17, 15) is 8.42 Å². The minimum Gasteiger partial charge on any atom is -0.296 e. The minimum absolute atomic E-state index is 0.112. The number of para-hydroxylation sites is 1. The van der Waals surface area contributed by atoms with Gasteiger partial charge in [-0.2, -0.15) is 0 Å². The smallest absolute Gasteiger partial charge is 0.153 e. The van der Waals surface area contributed by atoms with Crippen molar-refractivity contribution in [3.63, 3.8) is 0 Å². The molecule has 0 spiro atoms. The number of sulfone groups is 1. The van der Waals surface area contributed by atoms with E-state index < -0.39 is 9.84 Å². The summed E-state index contributed by atoms with van der Waals surface area (Å²) in [5, 5.41) is 1.15. The predicted molar refractivity (Wildman–Crippen MR) is 103 cm³/mol. The molecule has 3 fully saturated rings. The molecule has 1 saturated carbocycles. The first-order valence-corrected chi connectivity index (χ1v) is 11.4. The highest BCUT2D eigenvalue weighted by Gasteiger charge is 2.47. The average Bonchev–Trinajstić information content (AvgIpc) is 3.37. The predicted octanol–water partition coefficient (Wildman–Crippen LogP) is 1.93. The molecule has 1 aromatic heterocycles. The van der Waals surface area contributed by atoms with E-state index in [1.165, 1.54) is 12.8 Å². The summed E-state index contributed by atoms with van der Waals surface area (Å²) in [6, 6.07) is 12.6. The molecule has 0 unspecified atom stereocenters. The van der Waals surface area contributed by atoms with Gasteiger partial charge in [-0.05, 0) is 30.9 Å². The second kappa shape index (κ2) is 6.29. The van der Waals surface area contributed by atoms with E-state index in [-0.39, 0.29) is 12.1 Å². The number of pyridine rings is 1. The fraction of sp³-hybridized carbons (Fsp3) is 0.550. The van der Waals surface area contributed by atoms with Crippen LogP contribution in [0.15, 0.2) is 36.4 Å². The summed E-state index contributed by atoms with van der Waals surface area (Å²) in [5.41, 5.74) is 2.04. The first-order valence-electron chi connectivity index (χ1n) is 9.61. The summed E-state index contributed by atoms with van der Waals surface area (Å²) in [6.45, 7) is 3.72. The molecule has 138 valence electrons. The van der Waals surface area contributed by atoms with E-state index in [1.54, 1.807) is 0 Å². The van der Waals surface area contributed by atoms with E-state index >= 15 is 0 Å². The number of hydrogen-bond acceptors (Lipinski definition) is 5. The Labute approximate surface area is 154 Å². The van der Waals surface area contributed by atoms with Crippen LogP contribution in [-0.2, 0) is 16.4 Å². The Hall–Kier alpha value is -1.50. The number of piperazine rings is 1. The number of benzene rings is 1. The first kappa shape index (κ1) is 16.7. The van der Waals surface area contributed by atoms with Crippen molar-refractivity contribution in [3.8, 4) is 0 Å². The lowest BCUT2D eigenvalue weighted by Crippen LogP contribution is -2.59. The number of aromatic nitrogens is 1. The van der Waals surface area contributed by atoms with Crippen molar-refractivity contribution in [1.82, 2.24) is 14.8 Å². The molecule has 5 nitrogen and oxygen atoms in total. The van der Waals surface area contributed by atoms with E-state index in [4.69, 9.17) is 4.98 Å². The topological polar surface area (TPSA) is 53.5 Å². The fourth-order valence-corrected chi connectivity index (χ4v) is 6.60. The summed E-state index contributed by atoms with van der Waals surface area (Å²) in [7, 11) is -2.94. The second-order valence-corrected chi connectivity index (χ2v) is 10.3. The molecule has 5 rings (SSSR count). The third kappa shape index (κ3) is 3.26. The van der Waals surface area contributed by atoms with Gasteiger partial charge in [-0.15, -0.1) is 0 Å². The van der Waals surface area contributed by atoms with E-state index in [0.717, 1.165) is 48.7 Å². The van der Waals surface area contributed by atoms with E-state index in [2.05, 4.69) is 28.0 Å². The van der Waals surface area contributed by atoms with Gasteiger partial charge in [0.1, 0.15) is 0 Å². The Morgan fingerprint density at radius 1 is 0.962 bits per heavy atom. The first-order chi connectivity index (χ1) is 12.6. The third-order valence-corrected chi connectivity index (χ3v) is 7.82. The van der Waals surface area contributed by atoms with Crippen LogP contribution in [-0.4, -0.2) is 66.4 Å². The number of rotatable bonds is 4. The second-order valence-electron chi connectivity index (χ2n) is 8.12. The van der Waals surface area contributed by atoms with Gasteiger partial charge in [0.05, 0.1) is 22.7 Å². The van der Waals surface area contributed by atoms with Gasteiger partial charge in [0.2, 0.25) is 0 Å². The van der Waals surface area contributed by atoms with E-state index in [0.29, 0.717) is 11.5 Å². The van der Waals surface area contributed by atoms with Crippen LogP contribution in [0.1, 0.15) is 18.5 Å². The molecule has 3 aliphatic rings. The van der Waals surface area contributed by atoms with Gasteiger partial charge in [-0.25, -0.2) is 8.42 Å².